The molecule has 0 unspecified atom stereocenters. The van der Waals surface area contributed by atoms with E-state index in [0.29, 0.717) is 19.3 Å². The number of phenolic OH excluding ortho intramolecular Hbond substituents is 1. The van der Waals surface area contributed by atoms with Crippen LogP contribution in [0.2, 0.25) is 6.32 Å². The van der Waals surface area contributed by atoms with Gasteiger partial charge in [-0.2, -0.15) is 0 Å². The van der Waals surface area contributed by atoms with Gasteiger partial charge in [0.05, 0.1) is 28.6 Å². The van der Waals surface area contributed by atoms with Crippen molar-refractivity contribution >= 4 is 36.4 Å². The lowest BCUT2D eigenvalue weighted by atomic mass is 9.58. The summed E-state index contributed by atoms with van der Waals surface area (Å²) in [6.07, 6.45) is 5.19. The Morgan fingerprint density at radius 3 is 2.67 bits per heavy atom. The molecule has 2 heterocycles. The smallest absolute Gasteiger partial charge is 0.455 e. The molecule has 2 fully saturated rings. The Hall–Kier alpha value is -3.76. The van der Waals surface area contributed by atoms with Crippen LogP contribution >= 0.6 is 0 Å². The molecule has 2 saturated heterocycles. The summed E-state index contributed by atoms with van der Waals surface area (Å²) in [5.74, 6) is -2.08. The summed E-state index contributed by atoms with van der Waals surface area (Å²) < 4.78 is 6.06. The highest BCUT2D eigenvalue weighted by Crippen LogP contribution is 2.52. The molecule has 208 valence electrons. The van der Waals surface area contributed by atoms with Gasteiger partial charge >= 0.3 is 7.12 Å². The zero-order valence-corrected chi connectivity index (χ0v) is 22.7. The van der Waals surface area contributed by atoms with Gasteiger partial charge in [-0.25, -0.2) is 4.90 Å². The third kappa shape index (κ3) is 5.33. The number of nitro benzene ring substituents is 1. The van der Waals surface area contributed by atoms with Crippen molar-refractivity contribution in [2.75, 3.05) is 4.90 Å². The Bertz CT molecular complexity index is 1400. The van der Waals surface area contributed by atoms with E-state index in [1.54, 1.807) is 24.3 Å². The number of nitrogens with zero attached hydrogens (tertiary/aromatic N) is 2. The van der Waals surface area contributed by atoms with Crippen LogP contribution in [0.15, 0.2) is 65.3 Å². The van der Waals surface area contributed by atoms with Gasteiger partial charge in [0, 0.05) is 12.1 Å². The molecule has 2 amide bonds. The standard InChI is InChI=1S/C30H33BN2O7/c1-3-6-20-15-24-28(30(36)32(29(24)35)21-8-5-9-22(16-21)33(38)39)25-17-31(37)40-26(27(20)25)12-11-18(2)13-19-7-4-10-23(34)14-19/h4-5,7-10,13-14,16,24-26,28,34,37H,3,6,11-12,15,17H2,1-2H3/b18-13+/t24-,25+,26-,28-/m1/s1. The van der Waals surface area contributed by atoms with Crippen molar-refractivity contribution in [3.05, 3.63) is 80.9 Å². The van der Waals surface area contributed by atoms with Crippen molar-refractivity contribution < 1.29 is 29.3 Å². The minimum atomic E-state index is -1.06. The number of aromatic hydroxyl groups is 1. The van der Waals surface area contributed by atoms with Gasteiger partial charge in [-0.1, -0.05) is 48.8 Å². The van der Waals surface area contributed by atoms with Crippen LogP contribution in [-0.2, 0) is 14.2 Å². The highest BCUT2D eigenvalue weighted by Gasteiger charge is 2.57. The number of carbonyl (C=O) groups is 2. The number of benzene rings is 2. The molecule has 0 saturated carbocycles. The van der Waals surface area contributed by atoms with Crippen molar-refractivity contribution in [2.45, 2.75) is 58.4 Å². The van der Waals surface area contributed by atoms with Crippen molar-refractivity contribution in [1.82, 2.24) is 0 Å². The second kappa shape index (κ2) is 11.4. The van der Waals surface area contributed by atoms with Crippen LogP contribution in [0.5, 0.6) is 5.75 Å². The molecule has 2 aliphatic heterocycles. The second-order valence-corrected chi connectivity index (χ2v) is 11.0. The zero-order valence-electron chi connectivity index (χ0n) is 22.7. The normalized spacial score (nSPS) is 24.8. The number of non-ortho nitro benzene ring substituents is 1. The molecule has 0 aromatic heterocycles. The van der Waals surface area contributed by atoms with E-state index in [1.807, 2.05) is 19.1 Å². The molecule has 4 atom stereocenters. The van der Waals surface area contributed by atoms with Crippen LogP contribution in [0.3, 0.4) is 0 Å². The molecular formula is C30H33BN2O7. The molecule has 2 aromatic carbocycles. The molecule has 9 nitrogen and oxygen atoms in total. The van der Waals surface area contributed by atoms with Gasteiger partial charge in [0.25, 0.3) is 5.69 Å². The molecule has 1 aliphatic carbocycles. The van der Waals surface area contributed by atoms with E-state index >= 15 is 0 Å². The fraction of sp³-hybridized carbons (Fsp3) is 0.400. The number of carbonyl (C=O) groups excluding carboxylic acids is 2. The summed E-state index contributed by atoms with van der Waals surface area (Å²) in [7, 11) is -1.06. The summed E-state index contributed by atoms with van der Waals surface area (Å²) in [5.41, 5.74) is 4.13. The highest BCUT2D eigenvalue weighted by atomic mass is 16.6. The monoisotopic (exact) mass is 544 g/mol. The number of hydrogen-bond acceptors (Lipinski definition) is 7. The number of anilines is 1. The first kappa shape index (κ1) is 27.8. The lowest BCUT2D eigenvalue weighted by molar-refractivity contribution is -0.384. The van der Waals surface area contributed by atoms with Crippen LogP contribution in [0.1, 0.15) is 51.5 Å². The van der Waals surface area contributed by atoms with Crippen LogP contribution in [0, 0.1) is 27.9 Å². The summed E-state index contributed by atoms with van der Waals surface area (Å²) in [6.45, 7) is 4.08. The maximum atomic E-state index is 13.8. The minimum absolute atomic E-state index is 0.186. The van der Waals surface area contributed by atoms with Gasteiger partial charge < -0.3 is 14.8 Å². The van der Waals surface area contributed by atoms with E-state index in [-0.39, 0.29) is 41.2 Å². The van der Waals surface area contributed by atoms with E-state index in [9.17, 15) is 29.8 Å². The fourth-order valence-corrected chi connectivity index (χ4v) is 6.63. The largest absolute Gasteiger partial charge is 0.508 e. The summed E-state index contributed by atoms with van der Waals surface area (Å²) >= 11 is 0. The molecule has 2 N–H and O–H groups in total. The predicted octanol–water partition coefficient (Wildman–Crippen LogP) is 5.29. The maximum absolute atomic E-state index is 13.8. The number of allylic oxidation sites excluding steroid dienone is 2. The highest BCUT2D eigenvalue weighted by molar-refractivity contribution is 6.43. The van der Waals surface area contributed by atoms with E-state index < -0.39 is 30.0 Å². The Kier molecular flexibility index (Phi) is 7.91. The number of amides is 2. The molecule has 5 rings (SSSR count). The number of imide groups is 1. The molecular weight excluding hydrogens is 511 g/mol. The first-order valence-electron chi connectivity index (χ1n) is 13.8. The Morgan fingerprint density at radius 2 is 1.95 bits per heavy atom. The number of fused-ring (bicyclic) bond motifs is 3. The van der Waals surface area contributed by atoms with Gasteiger partial charge in [0.2, 0.25) is 11.8 Å². The molecule has 40 heavy (non-hydrogen) atoms. The summed E-state index contributed by atoms with van der Waals surface area (Å²) in [5, 5.41) is 31.9. The number of rotatable bonds is 8. The van der Waals surface area contributed by atoms with E-state index in [0.717, 1.165) is 40.0 Å². The van der Waals surface area contributed by atoms with E-state index in [4.69, 9.17) is 4.65 Å². The van der Waals surface area contributed by atoms with Gasteiger partial charge in [-0.3, -0.25) is 19.7 Å². The van der Waals surface area contributed by atoms with Crippen LogP contribution < -0.4 is 4.90 Å². The van der Waals surface area contributed by atoms with Gasteiger partial charge in [0.15, 0.2) is 0 Å². The van der Waals surface area contributed by atoms with Crippen LogP contribution in [0.25, 0.3) is 6.08 Å². The third-order valence-electron chi connectivity index (χ3n) is 8.24. The van der Waals surface area contributed by atoms with Crippen molar-refractivity contribution in [2.24, 2.45) is 17.8 Å². The molecule has 0 radical (unpaired) electrons. The summed E-state index contributed by atoms with van der Waals surface area (Å²) in [6, 6.07) is 12.6. The number of nitro groups is 1. The van der Waals surface area contributed by atoms with E-state index in [1.165, 1.54) is 18.2 Å². The number of phenols is 1. The number of hydrogen-bond donors (Lipinski definition) is 2. The Morgan fingerprint density at radius 1 is 1.18 bits per heavy atom. The van der Waals surface area contributed by atoms with Crippen LogP contribution in [0.4, 0.5) is 11.4 Å². The van der Waals surface area contributed by atoms with Crippen molar-refractivity contribution in [1.29, 1.82) is 0 Å². The lowest BCUT2D eigenvalue weighted by Crippen LogP contribution is -2.46. The first-order valence-corrected chi connectivity index (χ1v) is 13.8. The van der Waals surface area contributed by atoms with Crippen molar-refractivity contribution in [3.8, 4) is 5.75 Å². The van der Waals surface area contributed by atoms with Gasteiger partial charge in [-0.05, 0) is 74.2 Å². The second-order valence-electron chi connectivity index (χ2n) is 11.0. The predicted molar refractivity (Wildman–Crippen MR) is 151 cm³/mol. The molecule has 0 spiro atoms. The quantitative estimate of drug-likeness (QED) is 0.152. The van der Waals surface area contributed by atoms with E-state index in [2.05, 4.69) is 6.92 Å². The molecule has 2 aromatic rings. The van der Waals surface area contributed by atoms with Crippen molar-refractivity contribution in [3.63, 3.8) is 0 Å². The Labute approximate surface area is 233 Å². The molecule has 10 heteroatoms. The fourth-order valence-electron chi connectivity index (χ4n) is 6.63. The van der Waals surface area contributed by atoms with Crippen LogP contribution in [-0.4, -0.2) is 40.1 Å². The minimum Gasteiger partial charge on any atom is -0.508 e. The lowest BCUT2D eigenvalue weighted by Gasteiger charge is -2.43. The first-order chi connectivity index (χ1) is 19.2. The maximum Gasteiger partial charge on any atom is 0.455 e. The molecule has 0 bridgehead atoms. The third-order valence-corrected chi connectivity index (χ3v) is 8.24. The zero-order chi connectivity index (χ0) is 28.6. The molecule has 3 aliphatic rings. The van der Waals surface area contributed by atoms with Gasteiger partial charge in [0.1, 0.15) is 5.75 Å². The average Bonchev–Trinajstić information content (AvgIpc) is 3.16. The Balaban J connectivity index is 1.44. The SMILES string of the molecule is CCCC1=C2[C@@H](CC/C(C)=C/c3cccc(O)c3)OB(O)C[C@@H]2[C@@H]2C(=O)N(c3cccc([N+](=O)[O-])c3)C(=O)[C@@H]2C1. The van der Waals surface area contributed by atoms with Gasteiger partial charge in [-0.15, -0.1) is 0 Å². The topological polar surface area (TPSA) is 130 Å². The summed E-state index contributed by atoms with van der Waals surface area (Å²) in [4.78, 5) is 39.3. The average molecular weight is 544 g/mol.